The summed E-state index contributed by atoms with van der Waals surface area (Å²) in [5, 5.41) is 0. The number of hydrogen-bond acceptors (Lipinski definition) is 3. The van der Waals surface area contributed by atoms with Gasteiger partial charge < -0.3 is 4.90 Å². The Kier molecular flexibility index (Phi) is 6.56. The third-order valence-corrected chi connectivity index (χ3v) is 5.49. The predicted octanol–water partition coefficient (Wildman–Crippen LogP) is 2.45. The second kappa shape index (κ2) is 7.74. The fourth-order valence-electron chi connectivity index (χ4n) is 2.33. The number of hydrogen-bond donors (Lipinski definition) is 0. The molecule has 0 fully saturated rings. The Morgan fingerprint density at radius 3 is 2.00 bits per heavy atom. The highest BCUT2D eigenvalue weighted by atomic mass is 32.2. The van der Waals surface area contributed by atoms with E-state index in [9.17, 15) is 13.2 Å². The third-order valence-electron chi connectivity index (χ3n) is 3.43. The largest absolute Gasteiger partial charge is 0.341 e. The number of rotatable bonds is 7. The van der Waals surface area contributed by atoms with Gasteiger partial charge in [0.2, 0.25) is 10.0 Å². The molecular formula is C16H26N2O3S. The van der Waals surface area contributed by atoms with Crippen molar-refractivity contribution in [3.63, 3.8) is 0 Å². The topological polar surface area (TPSA) is 57.7 Å². The highest BCUT2D eigenvalue weighted by molar-refractivity contribution is 7.89. The normalized spacial score (nSPS) is 12.0. The van der Waals surface area contributed by atoms with Crippen LogP contribution in [0.2, 0.25) is 0 Å². The first-order valence-corrected chi connectivity index (χ1v) is 9.03. The van der Waals surface area contributed by atoms with E-state index in [0.717, 1.165) is 0 Å². The van der Waals surface area contributed by atoms with E-state index in [0.29, 0.717) is 31.1 Å². The summed E-state index contributed by atoms with van der Waals surface area (Å²) in [6, 6.07) is 6.17. The summed E-state index contributed by atoms with van der Waals surface area (Å²) in [6.45, 7) is 9.22. The van der Waals surface area contributed by atoms with Crippen molar-refractivity contribution in [1.82, 2.24) is 9.21 Å². The van der Waals surface area contributed by atoms with Crippen LogP contribution in [0.15, 0.2) is 29.2 Å². The second-order valence-corrected chi connectivity index (χ2v) is 7.63. The van der Waals surface area contributed by atoms with Crippen molar-refractivity contribution in [2.75, 3.05) is 26.7 Å². The summed E-state index contributed by atoms with van der Waals surface area (Å²) >= 11 is 0. The van der Waals surface area contributed by atoms with Crippen molar-refractivity contribution in [3.8, 4) is 0 Å². The molecule has 0 bridgehead atoms. The van der Waals surface area contributed by atoms with E-state index in [4.69, 9.17) is 0 Å². The molecule has 0 aliphatic carbocycles. The minimum absolute atomic E-state index is 0.0968. The lowest BCUT2D eigenvalue weighted by Gasteiger charge is -2.20. The van der Waals surface area contributed by atoms with Crippen LogP contribution < -0.4 is 0 Å². The minimum atomic E-state index is -3.47. The van der Waals surface area contributed by atoms with Gasteiger partial charge in [0.05, 0.1) is 4.90 Å². The van der Waals surface area contributed by atoms with Gasteiger partial charge in [0.15, 0.2) is 0 Å². The fourth-order valence-corrected chi connectivity index (χ4v) is 3.79. The second-order valence-electron chi connectivity index (χ2n) is 5.69. The van der Waals surface area contributed by atoms with E-state index in [1.54, 1.807) is 37.9 Å². The quantitative estimate of drug-likeness (QED) is 0.773. The average Bonchev–Trinajstić information content (AvgIpc) is 2.46. The first-order chi connectivity index (χ1) is 10.2. The van der Waals surface area contributed by atoms with Gasteiger partial charge in [-0.05, 0) is 30.2 Å². The molecule has 124 valence electrons. The molecule has 6 heteroatoms. The molecular weight excluding hydrogens is 300 g/mol. The Morgan fingerprint density at radius 2 is 1.59 bits per heavy atom. The Bertz CT molecular complexity index is 590. The van der Waals surface area contributed by atoms with E-state index in [-0.39, 0.29) is 10.8 Å². The van der Waals surface area contributed by atoms with E-state index >= 15 is 0 Å². The summed E-state index contributed by atoms with van der Waals surface area (Å²) in [5.74, 6) is 0.289. The van der Waals surface area contributed by atoms with Crippen LogP contribution in [-0.2, 0) is 10.0 Å². The molecule has 0 heterocycles. The SMILES string of the molecule is CCN(CC)S(=O)(=O)c1ccc(C(=O)N(C)CC(C)C)cc1. The van der Waals surface area contributed by atoms with Crippen molar-refractivity contribution in [2.45, 2.75) is 32.6 Å². The van der Waals surface area contributed by atoms with Gasteiger partial charge in [-0.25, -0.2) is 8.42 Å². The Balaban J connectivity index is 2.98. The van der Waals surface area contributed by atoms with E-state index in [1.165, 1.54) is 16.4 Å². The van der Waals surface area contributed by atoms with Crippen molar-refractivity contribution in [2.24, 2.45) is 5.92 Å². The first kappa shape index (κ1) is 18.6. The number of nitrogens with zero attached hydrogens (tertiary/aromatic N) is 2. The van der Waals surface area contributed by atoms with Crippen LogP contribution in [-0.4, -0.2) is 50.2 Å². The molecule has 5 nitrogen and oxygen atoms in total. The van der Waals surface area contributed by atoms with Crippen LogP contribution in [0.3, 0.4) is 0 Å². The highest BCUT2D eigenvalue weighted by Gasteiger charge is 2.22. The van der Waals surface area contributed by atoms with Gasteiger partial charge in [0.1, 0.15) is 0 Å². The van der Waals surface area contributed by atoms with Gasteiger partial charge in [-0.1, -0.05) is 27.7 Å². The molecule has 0 saturated heterocycles. The number of carbonyl (C=O) groups excluding carboxylic acids is 1. The molecule has 22 heavy (non-hydrogen) atoms. The van der Waals surface area contributed by atoms with Gasteiger partial charge in [-0.15, -0.1) is 0 Å². The maximum absolute atomic E-state index is 12.4. The Morgan fingerprint density at radius 1 is 1.09 bits per heavy atom. The zero-order chi connectivity index (χ0) is 16.9. The van der Waals surface area contributed by atoms with E-state index in [2.05, 4.69) is 0 Å². The molecule has 0 radical (unpaired) electrons. The van der Waals surface area contributed by atoms with Crippen LogP contribution in [0.1, 0.15) is 38.1 Å². The maximum atomic E-state index is 12.4. The monoisotopic (exact) mass is 326 g/mol. The van der Waals surface area contributed by atoms with Crippen molar-refractivity contribution >= 4 is 15.9 Å². The minimum Gasteiger partial charge on any atom is -0.341 e. The average molecular weight is 326 g/mol. The van der Waals surface area contributed by atoms with Gasteiger partial charge in [0.25, 0.3) is 5.91 Å². The third kappa shape index (κ3) is 4.30. The first-order valence-electron chi connectivity index (χ1n) is 7.59. The number of benzene rings is 1. The molecule has 1 aromatic rings. The van der Waals surface area contributed by atoms with E-state index in [1.807, 2.05) is 13.8 Å². The smallest absolute Gasteiger partial charge is 0.253 e. The molecule has 1 amide bonds. The van der Waals surface area contributed by atoms with Gasteiger partial charge in [-0.2, -0.15) is 4.31 Å². The summed E-state index contributed by atoms with van der Waals surface area (Å²) in [5.41, 5.74) is 0.502. The lowest BCUT2D eigenvalue weighted by Crippen LogP contribution is -2.31. The van der Waals surface area contributed by atoms with Gasteiger partial charge >= 0.3 is 0 Å². The van der Waals surface area contributed by atoms with Gasteiger partial charge in [0, 0.05) is 32.2 Å². The van der Waals surface area contributed by atoms with Crippen LogP contribution >= 0.6 is 0 Å². The van der Waals surface area contributed by atoms with Crippen molar-refractivity contribution in [3.05, 3.63) is 29.8 Å². The number of carbonyl (C=O) groups is 1. The Hall–Kier alpha value is -1.40. The van der Waals surface area contributed by atoms with Crippen LogP contribution in [0.5, 0.6) is 0 Å². The summed E-state index contributed by atoms with van der Waals surface area (Å²) in [4.78, 5) is 14.1. The van der Waals surface area contributed by atoms with Crippen LogP contribution in [0.25, 0.3) is 0 Å². The zero-order valence-electron chi connectivity index (χ0n) is 14.0. The van der Waals surface area contributed by atoms with Crippen molar-refractivity contribution < 1.29 is 13.2 Å². The van der Waals surface area contributed by atoms with Gasteiger partial charge in [-0.3, -0.25) is 4.79 Å². The molecule has 1 rings (SSSR count). The zero-order valence-corrected chi connectivity index (χ0v) is 14.9. The number of sulfonamides is 1. The molecule has 0 saturated carbocycles. The molecule has 0 N–H and O–H groups in total. The molecule has 0 aliphatic heterocycles. The lowest BCUT2D eigenvalue weighted by atomic mass is 10.1. The number of amides is 1. The van der Waals surface area contributed by atoms with E-state index < -0.39 is 10.0 Å². The van der Waals surface area contributed by atoms with Crippen molar-refractivity contribution in [1.29, 1.82) is 0 Å². The predicted molar refractivity (Wildman–Crippen MR) is 88.3 cm³/mol. The molecule has 0 aliphatic rings. The summed E-state index contributed by atoms with van der Waals surface area (Å²) in [6.07, 6.45) is 0. The standard InChI is InChI=1S/C16H26N2O3S/c1-6-18(7-2)22(20,21)15-10-8-14(9-11-15)16(19)17(5)12-13(3)4/h8-11,13H,6-7,12H2,1-5H3. The van der Waals surface area contributed by atoms with Crippen LogP contribution in [0.4, 0.5) is 0 Å². The fraction of sp³-hybridized carbons (Fsp3) is 0.562. The Labute approximate surface area is 134 Å². The lowest BCUT2D eigenvalue weighted by molar-refractivity contribution is 0.0779. The highest BCUT2D eigenvalue weighted by Crippen LogP contribution is 2.17. The maximum Gasteiger partial charge on any atom is 0.253 e. The molecule has 0 aromatic heterocycles. The molecule has 0 unspecified atom stereocenters. The summed E-state index contributed by atoms with van der Waals surface area (Å²) in [7, 11) is -1.72. The molecule has 0 atom stereocenters. The molecule has 1 aromatic carbocycles. The summed E-state index contributed by atoms with van der Waals surface area (Å²) < 4.78 is 26.2. The molecule has 0 spiro atoms. The van der Waals surface area contributed by atoms with Crippen LogP contribution in [0, 0.1) is 5.92 Å².